The molecule has 1 aromatic rings. The summed E-state index contributed by atoms with van der Waals surface area (Å²) in [6.07, 6.45) is 1.72. The van der Waals surface area contributed by atoms with Gasteiger partial charge in [0.05, 0.1) is 25.4 Å². The van der Waals surface area contributed by atoms with E-state index in [0.717, 1.165) is 5.56 Å². The normalized spacial score (nSPS) is 10.1. The average molecular weight is 250 g/mol. The summed E-state index contributed by atoms with van der Waals surface area (Å²) in [5.41, 5.74) is 1.49. The minimum absolute atomic E-state index is 0.242. The molecule has 0 heterocycles. The van der Waals surface area contributed by atoms with E-state index >= 15 is 0 Å². The first-order chi connectivity index (χ1) is 8.77. The molecule has 0 unspecified atom stereocenters. The average Bonchev–Trinajstić information content (AvgIpc) is 2.42. The first kappa shape index (κ1) is 14.4. The summed E-state index contributed by atoms with van der Waals surface area (Å²) < 4.78 is 15.1. The molecular formula is C14H18O4. The molecule has 0 saturated heterocycles. The molecule has 0 aliphatic heterocycles. The first-order valence-electron chi connectivity index (χ1n) is 5.74. The molecule has 0 radical (unpaired) electrons. The summed E-state index contributed by atoms with van der Waals surface area (Å²) in [6.45, 7) is 5.31. The molecule has 4 heteroatoms. The van der Waals surface area contributed by atoms with Gasteiger partial charge in [0, 0.05) is 7.11 Å². The Hall–Kier alpha value is -1.65. The molecule has 0 spiro atoms. The van der Waals surface area contributed by atoms with Crippen LogP contribution in [0, 0.1) is 0 Å². The fourth-order valence-corrected chi connectivity index (χ4v) is 1.28. The topological polar surface area (TPSA) is 44.8 Å². The van der Waals surface area contributed by atoms with Crippen molar-refractivity contribution in [1.82, 2.24) is 0 Å². The molecule has 1 aromatic carbocycles. The van der Waals surface area contributed by atoms with E-state index in [1.807, 2.05) is 12.1 Å². The Morgan fingerprint density at radius 2 is 1.83 bits per heavy atom. The molecule has 18 heavy (non-hydrogen) atoms. The summed E-state index contributed by atoms with van der Waals surface area (Å²) in [6, 6.07) is 7.06. The Balaban J connectivity index is 2.25. The van der Waals surface area contributed by atoms with Crippen molar-refractivity contribution in [3.63, 3.8) is 0 Å². The highest BCUT2D eigenvalue weighted by molar-refractivity contribution is 5.89. The van der Waals surface area contributed by atoms with E-state index in [2.05, 4.69) is 6.58 Å². The summed E-state index contributed by atoms with van der Waals surface area (Å²) >= 11 is 0. The second-order valence-electron chi connectivity index (χ2n) is 3.57. The zero-order valence-electron chi connectivity index (χ0n) is 10.6. The van der Waals surface area contributed by atoms with Crippen LogP contribution in [0.25, 0.3) is 6.08 Å². The molecule has 1 rings (SSSR count). The first-order valence-corrected chi connectivity index (χ1v) is 5.74. The molecule has 0 amide bonds. The second-order valence-corrected chi connectivity index (χ2v) is 3.57. The molecule has 0 aromatic heterocycles. The van der Waals surface area contributed by atoms with Gasteiger partial charge >= 0.3 is 5.97 Å². The maximum atomic E-state index is 11.6. The SMILES string of the molecule is C=Cc1ccc(C(=O)OCCOCCOC)cc1. The van der Waals surface area contributed by atoms with E-state index in [1.54, 1.807) is 25.3 Å². The summed E-state index contributed by atoms with van der Waals surface area (Å²) in [7, 11) is 1.61. The van der Waals surface area contributed by atoms with Gasteiger partial charge in [0.15, 0.2) is 0 Å². The van der Waals surface area contributed by atoms with Gasteiger partial charge < -0.3 is 14.2 Å². The summed E-state index contributed by atoms with van der Waals surface area (Å²) in [5, 5.41) is 0. The van der Waals surface area contributed by atoms with Crippen molar-refractivity contribution in [1.29, 1.82) is 0 Å². The zero-order chi connectivity index (χ0) is 13.2. The zero-order valence-corrected chi connectivity index (χ0v) is 10.6. The molecule has 0 fully saturated rings. The minimum Gasteiger partial charge on any atom is -0.460 e. The molecule has 0 aliphatic rings. The highest BCUT2D eigenvalue weighted by Gasteiger charge is 2.05. The van der Waals surface area contributed by atoms with Crippen molar-refractivity contribution in [2.45, 2.75) is 0 Å². The van der Waals surface area contributed by atoms with Crippen molar-refractivity contribution in [3.8, 4) is 0 Å². The van der Waals surface area contributed by atoms with E-state index in [9.17, 15) is 4.79 Å². The van der Waals surface area contributed by atoms with Crippen LogP contribution in [-0.2, 0) is 14.2 Å². The molecule has 0 N–H and O–H groups in total. The number of benzene rings is 1. The van der Waals surface area contributed by atoms with Gasteiger partial charge in [-0.2, -0.15) is 0 Å². The van der Waals surface area contributed by atoms with E-state index < -0.39 is 0 Å². The maximum Gasteiger partial charge on any atom is 0.338 e. The molecule has 0 aliphatic carbocycles. The van der Waals surface area contributed by atoms with Gasteiger partial charge in [-0.3, -0.25) is 0 Å². The van der Waals surface area contributed by atoms with Crippen LogP contribution < -0.4 is 0 Å². The Morgan fingerprint density at radius 3 is 2.44 bits per heavy atom. The van der Waals surface area contributed by atoms with Crippen molar-refractivity contribution in [3.05, 3.63) is 42.0 Å². The van der Waals surface area contributed by atoms with Gasteiger partial charge in [-0.25, -0.2) is 4.79 Å². The van der Waals surface area contributed by atoms with Crippen LogP contribution in [0.1, 0.15) is 15.9 Å². The lowest BCUT2D eigenvalue weighted by Gasteiger charge is -2.06. The molecule has 0 saturated carbocycles. The van der Waals surface area contributed by atoms with Gasteiger partial charge in [-0.15, -0.1) is 0 Å². The van der Waals surface area contributed by atoms with Crippen LogP contribution >= 0.6 is 0 Å². The molecular weight excluding hydrogens is 232 g/mol. The third kappa shape index (κ3) is 5.12. The second kappa shape index (κ2) is 8.44. The number of rotatable bonds is 8. The van der Waals surface area contributed by atoms with Crippen LogP contribution in [0.5, 0.6) is 0 Å². The van der Waals surface area contributed by atoms with Gasteiger partial charge in [-0.1, -0.05) is 24.8 Å². The van der Waals surface area contributed by atoms with Crippen molar-refractivity contribution < 1.29 is 19.0 Å². The van der Waals surface area contributed by atoms with Crippen molar-refractivity contribution >= 4 is 12.0 Å². The molecule has 0 bridgehead atoms. The predicted molar refractivity (Wildman–Crippen MR) is 69.5 cm³/mol. The third-order valence-corrected chi connectivity index (χ3v) is 2.27. The smallest absolute Gasteiger partial charge is 0.338 e. The van der Waals surface area contributed by atoms with Gasteiger partial charge in [0.1, 0.15) is 6.61 Å². The number of methoxy groups -OCH3 is 1. The lowest BCUT2D eigenvalue weighted by molar-refractivity contribution is 0.0214. The van der Waals surface area contributed by atoms with Crippen LogP contribution in [0.3, 0.4) is 0 Å². The van der Waals surface area contributed by atoms with Gasteiger partial charge in [0.25, 0.3) is 0 Å². The molecule has 98 valence electrons. The minimum atomic E-state index is -0.346. The number of carbonyl (C=O) groups is 1. The molecule has 0 atom stereocenters. The number of esters is 1. The number of hydrogen-bond acceptors (Lipinski definition) is 4. The Bertz CT molecular complexity index is 370. The fourth-order valence-electron chi connectivity index (χ4n) is 1.28. The summed E-state index contributed by atoms with van der Waals surface area (Å²) in [4.78, 5) is 11.6. The monoisotopic (exact) mass is 250 g/mol. The Kier molecular flexibility index (Phi) is 6.76. The Labute approximate surface area is 107 Å². The Morgan fingerprint density at radius 1 is 1.17 bits per heavy atom. The third-order valence-electron chi connectivity index (χ3n) is 2.27. The van der Waals surface area contributed by atoms with Gasteiger partial charge in [0.2, 0.25) is 0 Å². The standard InChI is InChI=1S/C14H18O4/c1-3-12-4-6-13(7-5-12)14(15)18-11-10-17-9-8-16-2/h3-7H,1,8-11H2,2H3. The molecule has 4 nitrogen and oxygen atoms in total. The van der Waals surface area contributed by atoms with Crippen molar-refractivity contribution in [2.75, 3.05) is 33.5 Å². The van der Waals surface area contributed by atoms with E-state index in [1.165, 1.54) is 0 Å². The quantitative estimate of drug-likeness (QED) is 0.524. The number of ether oxygens (including phenoxy) is 3. The fraction of sp³-hybridized carbons (Fsp3) is 0.357. The van der Waals surface area contributed by atoms with Gasteiger partial charge in [-0.05, 0) is 17.7 Å². The maximum absolute atomic E-state index is 11.6. The predicted octanol–water partition coefficient (Wildman–Crippen LogP) is 2.15. The lowest BCUT2D eigenvalue weighted by atomic mass is 10.1. The highest BCUT2D eigenvalue weighted by atomic mass is 16.6. The van der Waals surface area contributed by atoms with Crippen LogP contribution in [0.2, 0.25) is 0 Å². The lowest BCUT2D eigenvalue weighted by Crippen LogP contribution is -2.12. The van der Waals surface area contributed by atoms with Crippen LogP contribution in [0.15, 0.2) is 30.8 Å². The van der Waals surface area contributed by atoms with Crippen LogP contribution in [-0.4, -0.2) is 39.5 Å². The number of hydrogen-bond donors (Lipinski definition) is 0. The van der Waals surface area contributed by atoms with Crippen LogP contribution in [0.4, 0.5) is 0 Å². The van der Waals surface area contributed by atoms with Crippen molar-refractivity contribution in [2.24, 2.45) is 0 Å². The number of carbonyl (C=O) groups excluding carboxylic acids is 1. The highest BCUT2D eigenvalue weighted by Crippen LogP contribution is 2.06. The van der Waals surface area contributed by atoms with E-state index in [4.69, 9.17) is 14.2 Å². The van der Waals surface area contributed by atoms with E-state index in [-0.39, 0.29) is 12.6 Å². The van der Waals surface area contributed by atoms with E-state index in [0.29, 0.717) is 25.4 Å². The largest absolute Gasteiger partial charge is 0.460 e. The summed E-state index contributed by atoms with van der Waals surface area (Å²) in [5.74, 6) is -0.346.